The molecular formula is C12H11FO. The minimum absolute atomic E-state index is 0. The van der Waals surface area contributed by atoms with E-state index in [-0.39, 0.29) is 11.3 Å². The zero-order valence-electron chi connectivity index (χ0n) is 7.57. The van der Waals surface area contributed by atoms with Gasteiger partial charge in [0.2, 0.25) is 0 Å². The quantitative estimate of drug-likeness (QED) is 0.662. The highest BCUT2D eigenvalue weighted by Gasteiger charge is 1.95. The van der Waals surface area contributed by atoms with Gasteiger partial charge >= 0.3 is 0 Å². The van der Waals surface area contributed by atoms with Gasteiger partial charge in [-0.2, -0.15) is 0 Å². The average Bonchev–Trinajstić information content (AvgIpc) is 2.20. The molecule has 0 amide bonds. The van der Waals surface area contributed by atoms with Gasteiger partial charge in [0.25, 0.3) is 0 Å². The van der Waals surface area contributed by atoms with Crippen LogP contribution in [0, 0.1) is 5.82 Å². The van der Waals surface area contributed by atoms with Gasteiger partial charge in [0.15, 0.2) is 0 Å². The number of rotatable bonds is 1. The van der Waals surface area contributed by atoms with Gasteiger partial charge in [-0.05, 0) is 23.3 Å². The molecule has 72 valence electrons. The third-order valence-electron chi connectivity index (χ3n) is 1.95. The molecular weight excluding hydrogens is 179 g/mol. The molecule has 0 aliphatic rings. The van der Waals surface area contributed by atoms with Crippen LogP contribution in [0.1, 0.15) is 0 Å². The molecule has 0 aliphatic carbocycles. The third-order valence-corrected chi connectivity index (χ3v) is 1.95. The Balaban J connectivity index is 0.000000980. The second kappa shape index (κ2) is 4.53. The van der Waals surface area contributed by atoms with Gasteiger partial charge in [-0.1, -0.05) is 42.5 Å². The van der Waals surface area contributed by atoms with Crippen LogP contribution in [0.2, 0.25) is 0 Å². The fourth-order valence-corrected chi connectivity index (χ4v) is 1.27. The third kappa shape index (κ3) is 2.18. The second-order valence-electron chi connectivity index (χ2n) is 2.87. The van der Waals surface area contributed by atoms with E-state index in [1.807, 2.05) is 30.3 Å². The minimum Gasteiger partial charge on any atom is -0.412 e. The topological polar surface area (TPSA) is 31.5 Å². The Morgan fingerprint density at radius 3 is 1.71 bits per heavy atom. The van der Waals surface area contributed by atoms with Crippen molar-refractivity contribution >= 4 is 0 Å². The summed E-state index contributed by atoms with van der Waals surface area (Å²) in [5.41, 5.74) is 2.16. The maximum absolute atomic E-state index is 12.6. The first kappa shape index (κ1) is 10.4. The van der Waals surface area contributed by atoms with Crippen molar-refractivity contribution in [2.24, 2.45) is 0 Å². The van der Waals surface area contributed by atoms with Crippen molar-refractivity contribution in [2.45, 2.75) is 0 Å². The molecule has 0 spiro atoms. The molecule has 14 heavy (non-hydrogen) atoms. The standard InChI is InChI=1S/C12H9F.H2O/c13-12-8-6-11(7-9-12)10-4-2-1-3-5-10;/h1-9H;1H2. The van der Waals surface area contributed by atoms with Gasteiger partial charge in [0.1, 0.15) is 5.82 Å². The maximum atomic E-state index is 12.6. The Morgan fingerprint density at radius 1 is 0.643 bits per heavy atom. The lowest BCUT2D eigenvalue weighted by molar-refractivity contribution is 0.628. The summed E-state index contributed by atoms with van der Waals surface area (Å²) >= 11 is 0. The maximum Gasteiger partial charge on any atom is 0.123 e. The monoisotopic (exact) mass is 190 g/mol. The van der Waals surface area contributed by atoms with Crippen LogP contribution in [0.4, 0.5) is 4.39 Å². The Hall–Kier alpha value is -1.67. The predicted octanol–water partition coefficient (Wildman–Crippen LogP) is 2.67. The van der Waals surface area contributed by atoms with Crippen molar-refractivity contribution in [3.63, 3.8) is 0 Å². The van der Waals surface area contributed by atoms with Crippen LogP contribution >= 0.6 is 0 Å². The van der Waals surface area contributed by atoms with E-state index in [4.69, 9.17) is 0 Å². The lowest BCUT2D eigenvalue weighted by atomic mass is 10.1. The van der Waals surface area contributed by atoms with E-state index in [2.05, 4.69) is 0 Å². The molecule has 0 radical (unpaired) electrons. The molecule has 2 aromatic carbocycles. The molecule has 2 heteroatoms. The molecule has 1 nitrogen and oxygen atoms in total. The fraction of sp³-hybridized carbons (Fsp3) is 0. The van der Waals surface area contributed by atoms with Crippen LogP contribution in [-0.4, -0.2) is 5.48 Å². The van der Waals surface area contributed by atoms with Crippen molar-refractivity contribution in [1.82, 2.24) is 0 Å². The van der Waals surface area contributed by atoms with Gasteiger partial charge < -0.3 is 5.48 Å². The van der Waals surface area contributed by atoms with Gasteiger partial charge in [-0.25, -0.2) is 4.39 Å². The molecule has 0 atom stereocenters. The first-order chi connectivity index (χ1) is 6.36. The molecule has 0 unspecified atom stereocenters. The lowest BCUT2D eigenvalue weighted by Crippen LogP contribution is -1.77. The lowest BCUT2D eigenvalue weighted by Gasteiger charge is -1.99. The Bertz CT molecular complexity index is 381. The molecule has 0 aromatic heterocycles. The van der Waals surface area contributed by atoms with E-state index in [0.29, 0.717) is 0 Å². The summed E-state index contributed by atoms with van der Waals surface area (Å²) < 4.78 is 12.6. The highest BCUT2D eigenvalue weighted by atomic mass is 19.1. The highest BCUT2D eigenvalue weighted by Crippen LogP contribution is 2.18. The fourth-order valence-electron chi connectivity index (χ4n) is 1.27. The first-order valence-corrected chi connectivity index (χ1v) is 4.17. The van der Waals surface area contributed by atoms with Crippen LogP contribution in [0.3, 0.4) is 0 Å². The second-order valence-corrected chi connectivity index (χ2v) is 2.87. The molecule has 0 bridgehead atoms. The molecule has 2 aromatic rings. The molecule has 0 saturated heterocycles. The summed E-state index contributed by atoms with van der Waals surface area (Å²) in [5.74, 6) is -0.195. The molecule has 0 saturated carbocycles. The van der Waals surface area contributed by atoms with Gasteiger partial charge in [-0.3, -0.25) is 0 Å². The van der Waals surface area contributed by atoms with E-state index >= 15 is 0 Å². The summed E-state index contributed by atoms with van der Waals surface area (Å²) in [5, 5.41) is 0. The van der Waals surface area contributed by atoms with Crippen molar-refractivity contribution in [2.75, 3.05) is 0 Å². The zero-order valence-corrected chi connectivity index (χ0v) is 7.57. The predicted molar refractivity (Wildman–Crippen MR) is 55.4 cm³/mol. The van der Waals surface area contributed by atoms with E-state index in [9.17, 15) is 4.39 Å². The Kier molecular flexibility index (Phi) is 3.37. The zero-order chi connectivity index (χ0) is 9.10. The van der Waals surface area contributed by atoms with Crippen LogP contribution in [-0.2, 0) is 0 Å². The van der Waals surface area contributed by atoms with E-state index < -0.39 is 0 Å². The Labute approximate surface area is 82.1 Å². The largest absolute Gasteiger partial charge is 0.412 e. The summed E-state index contributed by atoms with van der Waals surface area (Å²) in [6, 6.07) is 16.4. The molecule has 0 fully saturated rings. The molecule has 0 aliphatic heterocycles. The first-order valence-electron chi connectivity index (χ1n) is 4.17. The van der Waals surface area contributed by atoms with Gasteiger partial charge in [-0.15, -0.1) is 0 Å². The summed E-state index contributed by atoms with van der Waals surface area (Å²) in [6.07, 6.45) is 0. The number of hydrogen-bond acceptors (Lipinski definition) is 0. The highest BCUT2D eigenvalue weighted by molar-refractivity contribution is 5.62. The minimum atomic E-state index is -0.195. The Morgan fingerprint density at radius 2 is 1.14 bits per heavy atom. The average molecular weight is 190 g/mol. The van der Waals surface area contributed by atoms with Gasteiger partial charge in [0, 0.05) is 0 Å². The van der Waals surface area contributed by atoms with E-state index in [0.717, 1.165) is 11.1 Å². The SMILES string of the molecule is Fc1ccc(-c2ccccc2)cc1.O. The molecule has 2 N–H and O–H groups in total. The van der Waals surface area contributed by atoms with E-state index in [1.54, 1.807) is 12.1 Å². The van der Waals surface area contributed by atoms with Gasteiger partial charge in [0.05, 0.1) is 0 Å². The van der Waals surface area contributed by atoms with E-state index in [1.165, 1.54) is 12.1 Å². The smallest absolute Gasteiger partial charge is 0.123 e. The van der Waals surface area contributed by atoms with Crippen molar-refractivity contribution in [1.29, 1.82) is 0 Å². The summed E-state index contributed by atoms with van der Waals surface area (Å²) in [4.78, 5) is 0. The summed E-state index contributed by atoms with van der Waals surface area (Å²) in [7, 11) is 0. The van der Waals surface area contributed by atoms with Crippen LogP contribution in [0.25, 0.3) is 11.1 Å². The molecule has 0 heterocycles. The van der Waals surface area contributed by atoms with Crippen molar-refractivity contribution in [3.05, 3.63) is 60.4 Å². The normalized spacial score (nSPS) is 9.21. The summed E-state index contributed by atoms with van der Waals surface area (Å²) in [6.45, 7) is 0. The van der Waals surface area contributed by atoms with Crippen LogP contribution in [0.15, 0.2) is 54.6 Å². The van der Waals surface area contributed by atoms with Crippen LogP contribution in [0.5, 0.6) is 0 Å². The van der Waals surface area contributed by atoms with Crippen molar-refractivity contribution < 1.29 is 9.87 Å². The number of halogens is 1. The molecule has 2 rings (SSSR count). The van der Waals surface area contributed by atoms with Crippen LogP contribution < -0.4 is 0 Å². The number of hydrogen-bond donors (Lipinski definition) is 0. The van der Waals surface area contributed by atoms with Crippen molar-refractivity contribution in [3.8, 4) is 11.1 Å². The number of benzene rings is 2.